The van der Waals surface area contributed by atoms with Crippen LogP contribution in [-0.4, -0.2) is 26.0 Å². The molecule has 0 bridgehead atoms. The number of carbonyl (C=O) groups is 1. The Hall–Kier alpha value is -1.12. The summed E-state index contributed by atoms with van der Waals surface area (Å²) in [6.07, 6.45) is 0. The Morgan fingerprint density at radius 2 is 2.11 bits per heavy atom. The van der Waals surface area contributed by atoms with Crippen molar-refractivity contribution in [3.8, 4) is 0 Å². The first-order valence-electron chi connectivity index (χ1n) is 5.32. The first-order chi connectivity index (χ1) is 8.21. The van der Waals surface area contributed by atoms with E-state index in [0.29, 0.717) is 17.1 Å². The van der Waals surface area contributed by atoms with Gasteiger partial charge in [-0.05, 0) is 24.5 Å². The molecular formula is C10H16N2O4S2. The summed E-state index contributed by atoms with van der Waals surface area (Å²) < 4.78 is 28.0. The van der Waals surface area contributed by atoms with E-state index in [-0.39, 0.29) is 10.8 Å². The number of carboxylic acids is 1. The van der Waals surface area contributed by atoms with Crippen molar-refractivity contribution in [1.82, 2.24) is 4.72 Å². The van der Waals surface area contributed by atoms with Crippen molar-refractivity contribution in [2.75, 3.05) is 11.3 Å². The third-order valence-electron chi connectivity index (χ3n) is 2.03. The highest BCUT2D eigenvalue weighted by atomic mass is 32.2. The number of aryl methyl sites for hydroxylation is 1. The molecule has 0 saturated carbocycles. The molecule has 0 aliphatic heterocycles. The van der Waals surface area contributed by atoms with Crippen molar-refractivity contribution < 1.29 is 18.3 Å². The van der Waals surface area contributed by atoms with Crippen molar-refractivity contribution >= 4 is 32.5 Å². The van der Waals surface area contributed by atoms with Crippen molar-refractivity contribution in [2.24, 2.45) is 5.92 Å². The van der Waals surface area contributed by atoms with Crippen LogP contribution in [0.4, 0.5) is 5.00 Å². The normalized spacial score (nSPS) is 11.8. The molecule has 8 heteroatoms. The van der Waals surface area contributed by atoms with Crippen molar-refractivity contribution in [3.63, 3.8) is 0 Å². The van der Waals surface area contributed by atoms with Gasteiger partial charge in [-0.3, -0.25) is 4.72 Å². The zero-order valence-electron chi connectivity index (χ0n) is 10.4. The lowest BCUT2D eigenvalue weighted by Gasteiger charge is -2.09. The maximum absolute atomic E-state index is 11.6. The highest BCUT2D eigenvalue weighted by Crippen LogP contribution is 2.27. The van der Waals surface area contributed by atoms with Crippen LogP contribution in [0.15, 0.2) is 6.07 Å². The summed E-state index contributed by atoms with van der Waals surface area (Å²) in [5, 5.41) is 9.16. The Labute approximate surface area is 110 Å². The van der Waals surface area contributed by atoms with Gasteiger partial charge in [0.2, 0.25) is 0 Å². The molecule has 0 unspecified atom stereocenters. The van der Waals surface area contributed by atoms with E-state index in [2.05, 4.69) is 9.44 Å². The van der Waals surface area contributed by atoms with E-state index in [0.717, 1.165) is 11.3 Å². The standard InChI is InChI=1S/C10H16N2O4S2/c1-6(2)5-11-18(15,16)12-8-4-7(3)9(17-8)10(13)14/h4,6,11-12H,5H2,1-3H3,(H,13,14). The highest BCUT2D eigenvalue weighted by Gasteiger charge is 2.16. The SMILES string of the molecule is Cc1cc(NS(=O)(=O)NCC(C)C)sc1C(=O)O. The van der Waals surface area contributed by atoms with E-state index in [9.17, 15) is 13.2 Å². The van der Waals surface area contributed by atoms with Crippen molar-refractivity contribution in [1.29, 1.82) is 0 Å². The van der Waals surface area contributed by atoms with Gasteiger partial charge in [-0.1, -0.05) is 13.8 Å². The van der Waals surface area contributed by atoms with Gasteiger partial charge >= 0.3 is 5.97 Å². The summed E-state index contributed by atoms with van der Waals surface area (Å²) >= 11 is 0.899. The lowest BCUT2D eigenvalue weighted by Crippen LogP contribution is -2.32. The second-order valence-electron chi connectivity index (χ2n) is 4.28. The molecule has 0 aliphatic rings. The molecule has 1 heterocycles. The van der Waals surface area contributed by atoms with E-state index in [1.54, 1.807) is 6.92 Å². The molecule has 102 valence electrons. The minimum Gasteiger partial charge on any atom is -0.477 e. The number of nitrogens with one attached hydrogen (secondary N) is 2. The zero-order valence-corrected chi connectivity index (χ0v) is 12.0. The zero-order chi connectivity index (χ0) is 13.9. The maximum Gasteiger partial charge on any atom is 0.346 e. The lowest BCUT2D eigenvalue weighted by atomic mass is 10.2. The van der Waals surface area contributed by atoms with Crippen LogP contribution in [0.5, 0.6) is 0 Å². The number of thiophene rings is 1. The lowest BCUT2D eigenvalue weighted by molar-refractivity contribution is 0.0701. The van der Waals surface area contributed by atoms with Crippen LogP contribution in [0.3, 0.4) is 0 Å². The average molecular weight is 292 g/mol. The molecule has 0 atom stereocenters. The predicted octanol–water partition coefficient (Wildman–Crippen LogP) is 1.66. The molecule has 3 N–H and O–H groups in total. The molecule has 6 nitrogen and oxygen atoms in total. The van der Waals surface area contributed by atoms with Crippen LogP contribution in [0, 0.1) is 12.8 Å². The van der Waals surface area contributed by atoms with Crippen LogP contribution < -0.4 is 9.44 Å². The second kappa shape index (κ2) is 5.68. The van der Waals surface area contributed by atoms with Gasteiger partial charge in [0.1, 0.15) is 9.88 Å². The maximum atomic E-state index is 11.6. The molecule has 1 aromatic heterocycles. The van der Waals surface area contributed by atoms with Gasteiger partial charge in [0.25, 0.3) is 10.2 Å². The number of carboxylic acid groups (broad SMARTS) is 1. The number of aromatic carboxylic acids is 1. The molecule has 1 aromatic rings. The summed E-state index contributed by atoms with van der Waals surface area (Å²) in [6.45, 7) is 5.73. The smallest absolute Gasteiger partial charge is 0.346 e. The molecule has 18 heavy (non-hydrogen) atoms. The van der Waals surface area contributed by atoms with Crippen molar-refractivity contribution in [2.45, 2.75) is 20.8 Å². The minimum absolute atomic E-state index is 0.136. The average Bonchev–Trinajstić information content (AvgIpc) is 2.56. The number of hydrogen-bond donors (Lipinski definition) is 3. The Morgan fingerprint density at radius 3 is 2.56 bits per heavy atom. The number of rotatable bonds is 6. The summed E-state index contributed by atoms with van der Waals surface area (Å²) in [4.78, 5) is 11.0. The summed E-state index contributed by atoms with van der Waals surface area (Å²) in [7, 11) is -3.64. The van der Waals surface area contributed by atoms with E-state index >= 15 is 0 Å². The highest BCUT2D eigenvalue weighted by molar-refractivity contribution is 7.91. The fourth-order valence-corrected chi connectivity index (χ4v) is 3.40. The van der Waals surface area contributed by atoms with Gasteiger partial charge in [0.15, 0.2) is 0 Å². The summed E-state index contributed by atoms with van der Waals surface area (Å²) in [5.41, 5.74) is 0.536. The quantitative estimate of drug-likeness (QED) is 0.743. The fourth-order valence-electron chi connectivity index (χ4n) is 1.19. The third kappa shape index (κ3) is 4.28. The molecule has 0 saturated heterocycles. The molecule has 0 radical (unpaired) electrons. The summed E-state index contributed by atoms with van der Waals surface area (Å²) in [5.74, 6) is -0.862. The first kappa shape index (κ1) is 14.9. The minimum atomic E-state index is -3.64. The van der Waals surface area contributed by atoms with Crippen LogP contribution in [0.25, 0.3) is 0 Å². The molecule has 0 spiro atoms. The Morgan fingerprint density at radius 1 is 1.50 bits per heavy atom. The van der Waals surface area contributed by atoms with Gasteiger partial charge in [-0.15, -0.1) is 11.3 Å². The predicted molar refractivity (Wildman–Crippen MR) is 71.4 cm³/mol. The molecular weight excluding hydrogens is 276 g/mol. The van der Waals surface area contributed by atoms with Gasteiger partial charge in [-0.25, -0.2) is 4.79 Å². The van der Waals surface area contributed by atoms with E-state index < -0.39 is 16.2 Å². The van der Waals surface area contributed by atoms with Gasteiger partial charge in [0, 0.05) is 6.54 Å². The second-order valence-corrected chi connectivity index (χ2v) is 6.83. The molecule has 1 rings (SSSR count). The Balaban J connectivity index is 2.78. The number of hydrogen-bond acceptors (Lipinski definition) is 4. The Kier molecular flexibility index (Phi) is 4.71. The molecule has 0 amide bonds. The van der Waals surface area contributed by atoms with Crippen LogP contribution in [0.2, 0.25) is 0 Å². The van der Waals surface area contributed by atoms with E-state index in [1.807, 2.05) is 13.8 Å². The summed E-state index contributed by atoms with van der Waals surface area (Å²) in [6, 6.07) is 1.50. The fraction of sp³-hybridized carbons (Fsp3) is 0.500. The van der Waals surface area contributed by atoms with Gasteiger partial charge < -0.3 is 5.11 Å². The Bertz CT molecular complexity index is 534. The molecule has 0 aliphatic carbocycles. The monoisotopic (exact) mass is 292 g/mol. The first-order valence-corrected chi connectivity index (χ1v) is 7.62. The third-order valence-corrected chi connectivity index (χ3v) is 4.33. The van der Waals surface area contributed by atoms with Crippen molar-refractivity contribution in [3.05, 3.63) is 16.5 Å². The van der Waals surface area contributed by atoms with Crippen LogP contribution >= 0.6 is 11.3 Å². The van der Waals surface area contributed by atoms with Crippen LogP contribution in [-0.2, 0) is 10.2 Å². The van der Waals surface area contributed by atoms with E-state index in [4.69, 9.17) is 5.11 Å². The molecule has 0 aromatic carbocycles. The topological polar surface area (TPSA) is 95.5 Å². The number of anilines is 1. The van der Waals surface area contributed by atoms with E-state index in [1.165, 1.54) is 6.07 Å². The molecule has 0 fully saturated rings. The van der Waals surface area contributed by atoms with Gasteiger partial charge in [0.05, 0.1) is 0 Å². The largest absolute Gasteiger partial charge is 0.477 e. The van der Waals surface area contributed by atoms with Crippen LogP contribution in [0.1, 0.15) is 29.1 Å². The van der Waals surface area contributed by atoms with Gasteiger partial charge in [-0.2, -0.15) is 13.1 Å².